The largest absolute Gasteiger partial charge is 0.482 e. The van der Waals surface area contributed by atoms with Crippen molar-refractivity contribution in [3.05, 3.63) is 64.5 Å². The Morgan fingerprint density at radius 1 is 1.03 bits per heavy atom. The second kappa shape index (κ2) is 9.69. The molecule has 0 saturated heterocycles. The van der Waals surface area contributed by atoms with Crippen molar-refractivity contribution in [3.63, 3.8) is 0 Å². The zero-order chi connectivity index (χ0) is 22.4. The van der Waals surface area contributed by atoms with Crippen molar-refractivity contribution in [2.75, 3.05) is 13.2 Å². The minimum absolute atomic E-state index is 0.0343. The van der Waals surface area contributed by atoms with Gasteiger partial charge in [-0.05, 0) is 41.7 Å². The van der Waals surface area contributed by atoms with Crippen LogP contribution in [0.5, 0.6) is 17.2 Å². The van der Waals surface area contributed by atoms with Gasteiger partial charge in [0.25, 0.3) is 0 Å². The van der Waals surface area contributed by atoms with Crippen LogP contribution in [0, 0.1) is 0 Å². The van der Waals surface area contributed by atoms with E-state index < -0.39 is 5.97 Å². The molecule has 0 unspecified atom stereocenters. The van der Waals surface area contributed by atoms with E-state index >= 15 is 0 Å². The summed E-state index contributed by atoms with van der Waals surface area (Å²) in [5.41, 5.74) is 1.27. The lowest BCUT2D eigenvalue weighted by atomic mass is 9.87. The number of fused-ring (bicyclic) bond motifs is 1. The van der Waals surface area contributed by atoms with E-state index in [4.69, 9.17) is 18.6 Å². The first-order valence-corrected chi connectivity index (χ1v) is 10.4. The fourth-order valence-corrected chi connectivity index (χ4v) is 2.92. The van der Waals surface area contributed by atoms with Crippen LogP contribution in [0.25, 0.3) is 11.0 Å². The van der Waals surface area contributed by atoms with Crippen LogP contribution in [0.1, 0.15) is 46.1 Å². The Labute approximate surface area is 181 Å². The number of esters is 1. The van der Waals surface area contributed by atoms with Crippen LogP contribution in [0.15, 0.2) is 57.9 Å². The molecular weight excluding hydrogens is 396 g/mol. The summed E-state index contributed by atoms with van der Waals surface area (Å²) in [6, 6.07) is 12.4. The molecule has 31 heavy (non-hydrogen) atoms. The van der Waals surface area contributed by atoms with Crippen LogP contribution in [0.3, 0.4) is 0 Å². The summed E-state index contributed by atoms with van der Waals surface area (Å²) in [5, 5.41) is 0.363. The summed E-state index contributed by atoms with van der Waals surface area (Å²) in [7, 11) is 0. The van der Waals surface area contributed by atoms with Crippen LogP contribution in [-0.2, 0) is 14.9 Å². The highest BCUT2D eigenvalue weighted by Crippen LogP contribution is 2.27. The molecule has 0 aliphatic heterocycles. The zero-order valence-electron chi connectivity index (χ0n) is 18.4. The van der Waals surface area contributed by atoms with Crippen molar-refractivity contribution in [1.29, 1.82) is 0 Å². The maximum atomic E-state index is 12.8. The molecule has 1 heterocycles. The van der Waals surface area contributed by atoms with Crippen molar-refractivity contribution < 1.29 is 23.4 Å². The Morgan fingerprint density at radius 3 is 2.42 bits per heavy atom. The van der Waals surface area contributed by atoms with Crippen LogP contribution in [-0.4, -0.2) is 19.2 Å². The molecule has 0 amide bonds. The molecule has 0 aliphatic rings. The third-order valence-electron chi connectivity index (χ3n) is 4.78. The molecule has 0 N–H and O–H groups in total. The van der Waals surface area contributed by atoms with Gasteiger partial charge in [0.15, 0.2) is 6.61 Å². The molecule has 3 rings (SSSR count). The second-order valence-corrected chi connectivity index (χ2v) is 8.33. The molecule has 0 radical (unpaired) electrons. The van der Waals surface area contributed by atoms with Gasteiger partial charge in [0.1, 0.15) is 23.3 Å². The monoisotopic (exact) mass is 424 g/mol. The van der Waals surface area contributed by atoms with Gasteiger partial charge in [-0.2, -0.15) is 0 Å². The predicted octanol–water partition coefficient (Wildman–Crippen LogP) is 5.60. The molecule has 6 heteroatoms. The molecule has 0 bridgehead atoms. The highest BCUT2D eigenvalue weighted by molar-refractivity contribution is 5.79. The standard InChI is InChI=1S/C25H28O6/c1-5-6-13-28-23(26)16-29-19-11-12-20-21(14-19)30-15-22(24(20)27)31-18-9-7-17(8-10-18)25(2,3)4/h7-12,14-15H,5-6,13,16H2,1-4H3. The maximum absolute atomic E-state index is 12.8. The summed E-state index contributed by atoms with van der Waals surface area (Å²) in [5.74, 6) is 0.635. The topological polar surface area (TPSA) is 75.0 Å². The van der Waals surface area contributed by atoms with E-state index in [0.717, 1.165) is 12.8 Å². The average Bonchev–Trinajstić information content (AvgIpc) is 2.74. The normalized spacial score (nSPS) is 11.4. The van der Waals surface area contributed by atoms with Crippen LogP contribution >= 0.6 is 0 Å². The molecule has 164 valence electrons. The van der Waals surface area contributed by atoms with Gasteiger partial charge in [-0.15, -0.1) is 0 Å². The fourth-order valence-electron chi connectivity index (χ4n) is 2.92. The summed E-state index contributed by atoms with van der Waals surface area (Å²) in [6.45, 7) is 8.60. The quantitative estimate of drug-likeness (QED) is 0.346. The molecule has 1 aromatic heterocycles. The predicted molar refractivity (Wildman–Crippen MR) is 119 cm³/mol. The van der Waals surface area contributed by atoms with Crippen molar-refractivity contribution in [2.45, 2.75) is 46.0 Å². The lowest BCUT2D eigenvalue weighted by molar-refractivity contribution is -0.146. The number of rotatable bonds is 8. The van der Waals surface area contributed by atoms with Gasteiger partial charge in [-0.1, -0.05) is 46.2 Å². The first-order chi connectivity index (χ1) is 14.8. The molecular formula is C25H28O6. The van der Waals surface area contributed by atoms with Gasteiger partial charge in [0.05, 0.1) is 12.0 Å². The molecule has 3 aromatic rings. The van der Waals surface area contributed by atoms with Crippen molar-refractivity contribution in [3.8, 4) is 17.2 Å². The third kappa shape index (κ3) is 5.87. The smallest absolute Gasteiger partial charge is 0.344 e. The molecule has 0 atom stereocenters. The SMILES string of the molecule is CCCCOC(=O)COc1ccc2c(=O)c(Oc3ccc(C(C)(C)C)cc3)coc2c1. The Morgan fingerprint density at radius 2 is 1.74 bits per heavy atom. The maximum Gasteiger partial charge on any atom is 0.344 e. The summed E-state index contributed by atoms with van der Waals surface area (Å²) in [4.78, 5) is 24.4. The number of hydrogen-bond acceptors (Lipinski definition) is 6. The fraction of sp³-hybridized carbons (Fsp3) is 0.360. The lowest BCUT2D eigenvalue weighted by Gasteiger charge is -2.19. The van der Waals surface area contributed by atoms with Crippen molar-refractivity contribution in [1.82, 2.24) is 0 Å². The number of hydrogen-bond donors (Lipinski definition) is 0. The first kappa shape index (κ1) is 22.4. The molecule has 0 saturated carbocycles. The molecule has 0 aliphatic carbocycles. The Bertz CT molecular complexity index is 1090. The van der Waals surface area contributed by atoms with E-state index in [-0.39, 0.29) is 23.2 Å². The van der Waals surface area contributed by atoms with E-state index in [2.05, 4.69) is 20.8 Å². The number of unbranched alkanes of at least 4 members (excludes halogenated alkanes) is 1. The third-order valence-corrected chi connectivity index (χ3v) is 4.78. The highest BCUT2D eigenvalue weighted by Gasteiger charge is 2.14. The van der Waals surface area contributed by atoms with Gasteiger partial charge in [0, 0.05) is 6.07 Å². The van der Waals surface area contributed by atoms with Gasteiger partial charge in [0.2, 0.25) is 11.2 Å². The average molecular weight is 424 g/mol. The molecule has 2 aromatic carbocycles. The van der Waals surface area contributed by atoms with E-state index in [0.29, 0.717) is 29.1 Å². The van der Waals surface area contributed by atoms with Gasteiger partial charge >= 0.3 is 5.97 Å². The summed E-state index contributed by atoms with van der Waals surface area (Å²) >= 11 is 0. The second-order valence-electron chi connectivity index (χ2n) is 8.33. The first-order valence-electron chi connectivity index (χ1n) is 10.4. The number of carbonyl (C=O) groups excluding carboxylic acids is 1. The van der Waals surface area contributed by atoms with Crippen LogP contribution < -0.4 is 14.9 Å². The van der Waals surface area contributed by atoms with Gasteiger partial charge in [-0.3, -0.25) is 4.79 Å². The van der Waals surface area contributed by atoms with Gasteiger partial charge in [-0.25, -0.2) is 4.79 Å². The van der Waals surface area contributed by atoms with E-state index in [9.17, 15) is 9.59 Å². The minimum Gasteiger partial charge on any atom is -0.482 e. The molecule has 0 fully saturated rings. The zero-order valence-corrected chi connectivity index (χ0v) is 18.4. The Kier molecular flexibility index (Phi) is 7.00. The van der Waals surface area contributed by atoms with E-state index in [1.54, 1.807) is 18.2 Å². The number of carbonyl (C=O) groups is 1. The Hall–Kier alpha value is -3.28. The minimum atomic E-state index is -0.434. The molecule has 0 spiro atoms. The van der Waals surface area contributed by atoms with Crippen molar-refractivity contribution in [2.24, 2.45) is 0 Å². The Balaban J connectivity index is 1.70. The number of benzene rings is 2. The summed E-state index contributed by atoms with van der Waals surface area (Å²) < 4.78 is 21.8. The van der Waals surface area contributed by atoms with E-state index in [1.165, 1.54) is 11.8 Å². The van der Waals surface area contributed by atoms with Crippen LogP contribution in [0.4, 0.5) is 0 Å². The van der Waals surface area contributed by atoms with E-state index in [1.807, 2.05) is 31.2 Å². The van der Waals surface area contributed by atoms with Gasteiger partial charge < -0.3 is 18.6 Å². The number of ether oxygens (including phenoxy) is 3. The highest BCUT2D eigenvalue weighted by atomic mass is 16.6. The molecule has 6 nitrogen and oxygen atoms in total. The lowest BCUT2D eigenvalue weighted by Crippen LogP contribution is -2.15. The van der Waals surface area contributed by atoms with Crippen molar-refractivity contribution >= 4 is 16.9 Å². The summed E-state index contributed by atoms with van der Waals surface area (Å²) in [6.07, 6.45) is 3.05. The van der Waals surface area contributed by atoms with Crippen LogP contribution in [0.2, 0.25) is 0 Å².